The zero-order valence-electron chi connectivity index (χ0n) is 17.3. The molecule has 3 aromatic heterocycles. The molecule has 1 aromatic carbocycles. The number of fused-ring (bicyclic) bond motifs is 2. The number of imidazole rings is 1. The van der Waals surface area contributed by atoms with E-state index in [9.17, 15) is 14.4 Å². The van der Waals surface area contributed by atoms with Crippen LogP contribution in [-0.4, -0.2) is 47.6 Å². The van der Waals surface area contributed by atoms with E-state index in [1.165, 1.54) is 22.6 Å². The highest BCUT2D eigenvalue weighted by Crippen LogP contribution is 2.33. The van der Waals surface area contributed by atoms with Crippen molar-refractivity contribution in [2.24, 2.45) is 14.1 Å². The molecule has 5 rings (SSSR count). The molecule has 0 radical (unpaired) electrons. The van der Waals surface area contributed by atoms with Crippen LogP contribution >= 0.6 is 11.3 Å². The van der Waals surface area contributed by atoms with Crippen LogP contribution in [0.3, 0.4) is 0 Å². The largest absolute Gasteiger partial charge is 0.341 e. The number of piperidine rings is 1. The fraction of sp³-hybridized carbons (Fsp3) is 0.381. The van der Waals surface area contributed by atoms with Crippen LogP contribution in [0.5, 0.6) is 0 Å². The van der Waals surface area contributed by atoms with Crippen molar-refractivity contribution >= 4 is 38.6 Å². The number of aromatic nitrogens is 5. The van der Waals surface area contributed by atoms with Gasteiger partial charge in [-0.25, -0.2) is 14.8 Å². The number of amides is 1. The van der Waals surface area contributed by atoms with Gasteiger partial charge in [0.05, 0.1) is 21.6 Å². The predicted octanol–water partition coefficient (Wildman–Crippen LogP) is 1.45. The van der Waals surface area contributed by atoms with Crippen LogP contribution in [0.15, 0.2) is 40.2 Å². The third-order valence-corrected chi connectivity index (χ3v) is 7.23. The first-order valence-electron chi connectivity index (χ1n) is 10.2. The first kappa shape index (κ1) is 19.7. The van der Waals surface area contributed by atoms with Crippen molar-refractivity contribution in [2.45, 2.75) is 25.3 Å². The molecule has 31 heavy (non-hydrogen) atoms. The molecule has 0 bridgehead atoms. The van der Waals surface area contributed by atoms with Gasteiger partial charge in [0.25, 0.3) is 5.56 Å². The minimum atomic E-state index is -0.446. The Balaban J connectivity index is 1.31. The Morgan fingerprint density at radius 1 is 1.13 bits per heavy atom. The summed E-state index contributed by atoms with van der Waals surface area (Å²) in [5.74, 6) is 0.301. The number of benzene rings is 1. The maximum Gasteiger partial charge on any atom is 0.332 e. The molecule has 4 aromatic rings. The summed E-state index contributed by atoms with van der Waals surface area (Å²) in [6, 6.07) is 8.14. The first-order valence-corrected chi connectivity index (χ1v) is 11.0. The summed E-state index contributed by atoms with van der Waals surface area (Å²) in [5, 5.41) is 1.14. The Labute approximate surface area is 181 Å². The Morgan fingerprint density at radius 3 is 2.61 bits per heavy atom. The van der Waals surface area contributed by atoms with Gasteiger partial charge in [-0.2, -0.15) is 0 Å². The van der Waals surface area contributed by atoms with Gasteiger partial charge in [-0.05, 0) is 25.0 Å². The number of rotatable bonds is 3. The molecule has 0 spiro atoms. The molecule has 4 heterocycles. The van der Waals surface area contributed by atoms with E-state index >= 15 is 0 Å². The number of likely N-dealkylation sites (tertiary alicyclic amines) is 1. The number of carbonyl (C=O) groups is 1. The lowest BCUT2D eigenvalue weighted by atomic mass is 9.97. The van der Waals surface area contributed by atoms with Crippen LogP contribution in [0.2, 0.25) is 0 Å². The number of para-hydroxylation sites is 1. The Bertz CT molecular complexity index is 1390. The molecule has 1 aliphatic rings. The maximum atomic E-state index is 12.9. The van der Waals surface area contributed by atoms with E-state index < -0.39 is 11.2 Å². The van der Waals surface area contributed by atoms with Gasteiger partial charge in [0.15, 0.2) is 11.2 Å². The molecule has 0 aliphatic carbocycles. The van der Waals surface area contributed by atoms with Gasteiger partial charge in [-0.3, -0.25) is 18.7 Å². The van der Waals surface area contributed by atoms with Crippen molar-refractivity contribution in [3.05, 3.63) is 56.4 Å². The van der Waals surface area contributed by atoms with E-state index in [1.807, 2.05) is 23.1 Å². The summed E-state index contributed by atoms with van der Waals surface area (Å²) in [4.78, 5) is 48.4. The number of thiazole rings is 1. The van der Waals surface area contributed by atoms with Crippen molar-refractivity contribution in [1.29, 1.82) is 0 Å². The number of hydrogen-bond donors (Lipinski definition) is 0. The summed E-state index contributed by atoms with van der Waals surface area (Å²) < 4.78 is 5.09. The second kappa shape index (κ2) is 7.45. The van der Waals surface area contributed by atoms with Gasteiger partial charge in [0, 0.05) is 33.1 Å². The van der Waals surface area contributed by atoms with Gasteiger partial charge in [0.2, 0.25) is 5.91 Å². The Hall–Kier alpha value is -3.27. The lowest BCUT2D eigenvalue weighted by Crippen LogP contribution is -2.40. The Morgan fingerprint density at radius 2 is 1.87 bits per heavy atom. The van der Waals surface area contributed by atoms with Crippen LogP contribution in [0.4, 0.5) is 0 Å². The molecule has 0 N–H and O–H groups in total. The summed E-state index contributed by atoms with van der Waals surface area (Å²) in [6.07, 6.45) is 3.19. The fourth-order valence-electron chi connectivity index (χ4n) is 4.20. The van der Waals surface area contributed by atoms with Crippen LogP contribution in [0, 0.1) is 0 Å². The monoisotopic (exact) mass is 438 g/mol. The molecular formula is C21H22N6O3S. The molecule has 1 fully saturated rings. The topological polar surface area (TPSA) is 95.0 Å². The molecular weight excluding hydrogens is 416 g/mol. The van der Waals surface area contributed by atoms with Gasteiger partial charge in [0.1, 0.15) is 6.54 Å². The molecule has 0 unspecified atom stereocenters. The van der Waals surface area contributed by atoms with E-state index in [1.54, 1.807) is 23.0 Å². The average molecular weight is 439 g/mol. The maximum absolute atomic E-state index is 12.9. The van der Waals surface area contributed by atoms with Crippen molar-refractivity contribution in [3.63, 3.8) is 0 Å². The molecule has 10 heteroatoms. The van der Waals surface area contributed by atoms with Crippen LogP contribution in [0.25, 0.3) is 21.4 Å². The molecule has 1 aliphatic heterocycles. The molecule has 0 atom stereocenters. The van der Waals surface area contributed by atoms with Crippen molar-refractivity contribution < 1.29 is 4.79 Å². The minimum Gasteiger partial charge on any atom is -0.341 e. The number of hydrogen-bond acceptors (Lipinski definition) is 6. The van der Waals surface area contributed by atoms with Crippen molar-refractivity contribution in [3.8, 4) is 0 Å². The summed E-state index contributed by atoms with van der Waals surface area (Å²) >= 11 is 1.73. The van der Waals surface area contributed by atoms with Crippen molar-refractivity contribution in [2.75, 3.05) is 13.1 Å². The second-order valence-electron chi connectivity index (χ2n) is 7.93. The fourth-order valence-corrected chi connectivity index (χ4v) is 5.34. The highest BCUT2D eigenvalue weighted by Gasteiger charge is 2.26. The van der Waals surface area contributed by atoms with Gasteiger partial charge in [-0.15, -0.1) is 11.3 Å². The highest BCUT2D eigenvalue weighted by atomic mass is 32.1. The lowest BCUT2D eigenvalue weighted by molar-refractivity contribution is -0.132. The van der Waals surface area contributed by atoms with E-state index in [0.29, 0.717) is 19.0 Å². The van der Waals surface area contributed by atoms with Crippen LogP contribution in [-0.2, 0) is 25.4 Å². The standard InChI is InChI=1S/C21H22N6O3S/c1-24-18-17(20(29)25(2)21(24)30)27(12-22-18)11-16(28)26-9-7-13(8-10-26)19-23-14-5-3-4-6-15(14)31-19/h3-6,12-13H,7-11H2,1-2H3. The molecule has 0 saturated carbocycles. The van der Waals surface area contributed by atoms with E-state index in [2.05, 4.69) is 11.1 Å². The van der Waals surface area contributed by atoms with Gasteiger partial charge < -0.3 is 9.47 Å². The van der Waals surface area contributed by atoms with Crippen molar-refractivity contribution in [1.82, 2.24) is 28.6 Å². The smallest absolute Gasteiger partial charge is 0.332 e. The van der Waals surface area contributed by atoms with E-state index in [0.717, 1.165) is 27.9 Å². The zero-order chi connectivity index (χ0) is 21.7. The average Bonchev–Trinajstić information content (AvgIpc) is 3.41. The first-order chi connectivity index (χ1) is 14.9. The summed E-state index contributed by atoms with van der Waals surface area (Å²) in [6.45, 7) is 1.33. The second-order valence-corrected chi connectivity index (χ2v) is 8.99. The van der Waals surface area contributed by atoms with E-state index in [4.69, 9.17) is 4.98 Å². The predicted molar refractivity (Wildman–Crippen MR) is 118 cm³/mol. The molecule has 160 valence electrons. The Kier molecular flexibility index (Phi) is 4.73. The third kappa shape index (κ3) is 3.27. The number of aryl methyl sites for hydroxylation is 1. The minimum absolute atomic E-state index is 0.0236. The van der Waals surface area contributed by atoms with Crippen LogP contribution < -0.4 is 11.2 Å². The van der Waals surface area contributed by atoms with Crippen LogP contribution in [0.1, 0.15) is 23.8 Å². The summed E-state index contributed by atoms with van der Waals surface area (Å²) in [7, 11) is 2.99. The number of nitrogens with zero attached hydrogens (tertiary/aromatic N) is 6. The van der Waals surface area contributed by atoms with E-state index in [-0.39, 0.29) is 23.6 Å². The molecule has 1 amide bonds. The van der Waals surface area contributed by atoms with Gasteiger partial charge >= 0.3 is 5.69 Å². The quantitative estimate of drug-likeness (QED) is 0.483. The molecule has 1 saturated heterocycles. The summed E-state index contributed by atoms with van der Waals surface area (Å²) in [5.41, 5.74) is 0.700. The number of carbonyl (C=O) groups excluding carboxylic acids is 1. The lowest BCUT2D eigenvalue weighted by Gasteiger charge is -2.31. The zero-order valence-corrected chi connectivity index (χ0v) is 18.1. The van der Waals surface area contributed by atoms with Gasteiger partial charge in [-0.1, -0.05) is 12.1 Å². The highest BCUT2D eigenvalue weighted by molar-refractivity contribution is 7.18. The molecule has 9 nitrogen and oxygen atoms in total. The normalized spacial score (nSPS) is 15.2. The third-order valence-electron chi connectivity index (χ3n) is 6.03. The SMILES string of the molecule is Cn1c(=O)c2c(ncn2CC(=O)N2CCC(c3nc4ccccc4s3)CC2)n(C)c1=O.